The van der Waals surface area contributed by atoms with Crippen molar-refractivity contribution in [2.45, 2.75) is 31.8 Å². The summed E-state index contributed by atoms with van der Waals surface area (Å²) in [5.74, 6) is 1.47. The van der Waals surface area contributed by atoms with E-state index in [0.29, 0.717) is 23.1 Å². The van der Waals surface area contributed by atoms with E-state index in [1.54, 1.807) is 18.5 Å². The molecule has 1 amide bonds. The van der Waals surface area contributed by atoms with E-state index in [-0.39, 0.29) is 5.91 Å². The van der Waals surface area contributed by atoms with Crippen LogP contribution in [-0.4, -0.2) is 28.1 Å². The Balaban J connectivity index is 1.51. The van der Waals surface area contributed by atoms with Gasteiger partial charge in [0.1, 0.15) is 0 Å². The van der Waals surface area contributed by atoms with E-state index >= 15 is 0 Å². The molecule has 0 radical (unpaired) electrons. The molecule has 0 bridgehead atoms. The van der Waals surface area contributed by atoms with Crippen LogP contribution in [0, 0.1) is 6.92 Å². The van der Waals surface area contributed by atoms with Crippen LogP contribution in [0.3, 0.4) is 0 Å². The standard InChI is InChI=1S/C20H20N4O3/c1-12-10-14(20-23-18(24-27-20)13-5-6-13)7-8-16(12)22-19(25)17(26-2)15-4-3-9-21-11-15/h3-4,7-11,13,17H,5-6H2,1-2H3,(H,22,25). The third kappa shape index (κ3) is 3.73. The molecule has 1 unspecified atom stereocenters. The first kappa shape index (κ1) is 17.4. The number of anilines is 1. The molecule has 1 aromatic carbocycles. The highest BCUT2D eigenvalue weighted by atomic mass is 16.5. The van der Waals surface area contributed by atoms with E-state index in [1.807, 2.05) is 31.2 Å². The van der Waals surface area contributed by atoms with Crippen molar-refractivity contribution < 1.29 is 14.1 Å². The van der Waals surface area contributed by atoms with Crippen molar-refractivity contribution in [2.24, 2.45) is 0 Å². The highest BCUT2D eigenvalue weighted by Crippen LogP contribution is 2.39. The van der Waals surface area contributed by atoms with Crippen molar-refractivity contribution in [3.63, 3.8) is 0 Å². The van der Waals surface area contributed by atoms with E-state index < -0.39 is 6.10 Å². The van der Waals surface area contributed by atoms with Gasteiger partial charge in [-0.1, -0.05) is 11.2 Å². The van der Waals surface area contributed by atoms with Crippen LogP contribution in [0.15, 0.2) is 47.2 Å². The van der Waals surface area contributed by atoms with Gasteiger partial charge in [0.25, 0.3) is 11.8 Å². The number of hydrogen-bond acceptors (Lipinski definition) is 6. The Labute approximate surface area is 156 Å². The Morgan fingerprint density at radius 3 is 2.85 bits per heavy atom. The van der Waals surface area contributed by atoms with Crippen molar-refractivity contribution in [3.8, 4) is 11.5 Å². The number of amides is 1. The molecule has 4 rings (SSSR count). The molecule has 0 spiro atoms. The SMILES string of the molecule is COC(C(=O)Nc1ccc(-c2nc(C3CC3)no2)cc1C)c1cccnc1. The quantitative estimate of drug-likeness (QED) is 0.718. The predicted octanol–water partition coefficient (Wildman–Crippen LogP) is 3.64. The Morgan fingerprint density at radius 2 is 2.19 bits per heavy atom. The largest absolute Gasteiger partial charge is 0.367 e. The molecule has 0 saturated heterocycles. The summed E-state index contributed by atoms with van der Waals surface area (Å²) in [7, 11) is 1.50. The highest BCUT2D eigenvalue weighted by Gasteiger charge is 2.29. The number of benzene rings is 1. The molecule has 1 fully saturated rings. The average molecular weight is 364 g/mol. The van der Waals surface area contributed by atoms with Crippen LogP contribution in [-0.2, 0) is 9.53 Å². The Hall–Kier alpha value is -3.06. The molecule has 1 atom stereocenters. The molecule has 7 nitrogen and oxygen atoms in total. The lowest BCUT2D eigenvalue weighted by Gasteiger charge is -2.16. The second kappa shape index (κ2) is 7.28. The minimum Gasteiger partial charge on any atom is -0.367 e. The maximum absolute atomic E-state index is 12.6. The lowest BCUT2D eigenvalue weighted by atomic mass is 10.1. The Bertz CT molecular complexity index is 951. The Morgan fingerprint density at radius 1 is 1.33 bits per heavy atom. The van der Waals surface area contributed by atoms with Crippen LogP contribution in [0.1, 0.15) is 41.8 Å². The van der Waals surface area contributed by atoms with Crippen molar-refractivity contribution >= 4 is 11.6 Å². The van der Waals surface area contributed by atoms with Crippen molar-refractivity contribution in [2.75, 3.05) is 12.4 Å². The van der Waals surface area contributed by atoms with E-state index in [9.17, 15) is 4.79 Å². The molecular weight excluding hydrogens is 344 g/mol. The first-order valence-corrected chi connectivity index (χ1v) is 8.84. The summed E-state index contributed by atoms with van der Waals surface area (Å²) in [5, 5.41) is 6.96. The molecule has 3 aromatic rings. The zero-order valence-corrected chi connectivity index (χ0v) is 15.2. The van der Waals surface area contributed by atoms with Gasteiger partial charge in [0, 0.05) is 42.2 Å². The number of methoxy groups -OCH3 is 1. The fourth-order valence-corrected chi connectivity index (χ4v) is 2.92. The Kier molecular flexibility index (Phi) is 4.68. The molecule has 2 heterocycles. The molecule has 1 saturated carbocycles. The first-order valence-electron chi connectivity index (χ1n) is 8.84. The number of nitrogens with zero attached hydrogens (tertiary/aromatic N) is 3. The van der Waals surface area contributed by atoms with Crippen molar-refractivity contribution in [1.82, 2.24) is 15.1 Å². The van der Waals surface area contributed by atoms with Crippen LogP contribution in [0.25, 0.3) is 11.5 Å². The molecular formula is C20H20N4O3. The molecule has 2 aromatic heterocycles. The van der Waals surface area contributed by atoms with Gasteiger partial charge < -0.3 is 14.6 Å². The van der Waals surface area contributed by atoms with Crippen LogP contribution >= 0.6 is 0 Å². The number of rotatable bonds is 6. The van der Waals surface area contributed by atoms with E-state index in [2.05, 4.69) is 20.4 Å². The molecule has 1 aliphatic carbocycles. The third-order valence-corrected chi connectivity index (χ3v) is 4.58. The summed E-state index contributed by atoms with van der Waals surface area (Å²) in [6.07, 6.45) is 4.80. The second-order valence-corrected chi connectivity index (χ2v) is 6.65. The van der Waals surface area contributed by atoms with Gasteiger partial charge in [-0.15, -0.1) is 0 Å². The number of carbonyl (C=O) groups excluding carboxylic acids is 1. The number of hydrogen-bond donors (Lipinski definition) is 1. The first-order chi connectivity index (χ1) is 13.2. The van der Waals surface area contributed by atoms with Crippen LogP contribution < -0.4 is 5.32 Å². The van der Waals surface area contributed by atoms with E-state index in [4.69, 9.17) is 9.26 Å². The van der Waals surface area contributed by atoms with Gasteiger partial charge in [0.2, 0.25) is 0 Å². The summed E-state index contributed by atoms with van der Waals surface area (Å²) in [5.41, 5.74) is 3.13. The molecule has 7 heteroatoms. The fourth-order valence-electron chi connectivity index (χ4n) is 2.92. The van der Waals surface area contributed by atoms with E-state index in [0.717, 1.165) is 29.8 Å². The van der Waals surface area contributed by atoms with Gasteiger partial charge >= 0.3 is 0 Å². The molecule has 27 heavy (non-hydrogen) atoms. The number of nitrogens with one attached hydrogen (secondary N) is 1. The highest BCUT2D eigenvalue weighted by molar-refractivity contribution is 5.95. The number of carbonyl (C=O) groups is 1. The molecule has 1 N–H and O–H groups in total. The smallest absolute Gasteiger partial charge is 0.258 e. The van der Waals surface area contributed by atoms with Gasteiger partial charge in [-0.3, -0.25) is 9.78 Å². The van der Waals surface area contributed by atoms with Gasteiger partial charge in [-0.2, -0.15) is 4.98 Å². The van der Waals surface area contributed by atoms with Gasteiger partial charge in [0.05, 0.1) is 0 Å². The maximum Gasteiger partial charge on any atom is 0.258 e. The number of pyridine rings is 1. The number of ether oxygens (including phenoxy) is 1. The van der Waals surface area contributed by atoms with Gasteiger partial charge in [0.15, 0.2) is 11.9 Å². The van der Waals surface area contributed by atoms with Crippen LogP contribution in [0.5, 0.6) is 0 Å². The van der Waals surface area contributed by atoms with E-state index in [1.165, 1.54) is 7.11 Å². The summed E-state index contributed by atoms with van der Waals surface area (Å²) in [6, 6.07) is 9.20. The summed E-state index contributed by atoms with van der Waals surface area (Å²) >= 11 is 0. The zero-order valence-electron chi connectivity index (χ0n) is 15.2. The minimum atomic E-state index is -0.727. The van der Waals surface area contributed by atoms with Gasteiger partial charge in [-0.25, -0.2) is 0 Å². The molecule has 138 valence electrons. The maximum atomic E-state index is 12.6. The zero-order chi connectivity index (χ0) is 18.8. The van der Waals surface area contributed by atoms with Crippen LogP contribution in [0.2, 0.25) is 0 Å². The number of aryl methyl sites for hydroxylation is 1. The monoisotopic (exact) mass is 364 g/mol. The lowest BCUT2D eigenvalue weighted by Crippen LogP contribution is -2.23. The predicted molar refractivity (Wildman–Crippen MR) is 99.1 cm³/mol. The second-order valence-electron chi connectivity index (χ2n) is 6.65. The lowest BCUT2D eigenvalue weighted by molar-refractivity contribution is -0.126. The normalized spacial score (nSPS) is 14.7. The van der Waals surface area contributed by atoms with Crippen molar-refractivity contribution in [3.05, 3.63) is 59.7 Å². The fraction of sp³-hybridized carbons (Fsp3) is 0.300. The summed E-state index contributed by atoms with van der Waals surface area (Å²) in [6.45, 7) is 1.92. The molecule has 0 aliphatic heterocycles. The summed E-state index contributed by atoms with van der Waals surface area (Å²) in [4.78, 5) is 21.1. The van der Waals surface area contributed by atoms with Crippen LogP contribution in [0.4, 0.5) is 5.69 Å². The summed E-state index contributed by atoms with van der Waals surface area (Å²) < 4.78 is 10.7. The third-order valence-electron chi connectivity index (χ3n) is 4.58. The number of aromatic nitrogens is 3. The van der Waals surface area contributed by atoms with Crippen molar-refractivity contribution in [1.29, 1.82) is 0 Å². The topological polar surface area (TPSA) is 90.1 Å². The molecule has 1 aliphatic rings. The minimum absolute atomic E-state index is 0.254. The van der Waals surface area contributed by atoms with Gasteiger partial charge in [-0.05, 0) is 49.6 Å². The average Bonchev–Trinajstić information content (AvgIpc) is 3.42.